The van der Waals surface area contributed by atoms with Crippen LogP contribution in [0.5, 0.6) is 0 Å². The highest BCUT2D eigenvalue weighted by Crippen LogP contribution is 2.48. The van der Waals surface area contributed by atoms with Gasteiger partial charge in [0.2, 0.25) is 0 Å². The minimum absolute atomic E-state index is 1.07. The van der Waals surface area contributed by atoms with Crippen LogP contribution in [0.15, 0.2) is 285 Å². The summed E-state index contributed by atoms with van der Waals surface area (Å²) in [6.45, 7) is 0. The highest BCUT2D eigenvalue weighted by Gasteiger charge is 2.21. The molecule has 12 aromatic rings. The van der Waals surface area contributed by atoms with Crippen molar-refractivity contribution in [2.45, 2.75) is 0 Å². The third-order valence-corrected chi connectivity index (χ3v) is 13.5. The van der Waals surface area contributed by atoms with Crippen molar-refractivity contribution in [1.82, 2.24) is 0 Å². The van der Waals surface area contributed by atoms with Gasteiger partial charge in [-0.1, -0.05) is 243 Å². The summed E-state index contributed by atoms with van der Waals surface area (Å²) in [5.41, 5.74) is 20.0. The van der Waals surface area contributed by atoms with Gasteiger partial charge in [0, 0.05) is 16.9 Å². The SMILES string of the molecule is c1ccc(-c2ccc(N(c3ccc(-c4ccc(-c5ccccc5)c(-c5ccccc5)c4)cc3)c3ccccc3-c3ccc4c(c3)c(-c3ccccc3)c(-c3ccccc3)c3ccccc34)cc2)cc1. The lowest BCUT2D eigenvalue weighted by Gasteiger charge is -2.28. The Morgan fingerprint density at radius 2 is 0.580 bits per heavy atom. The molecule has 12 aromatic carbocycles. The molecule has 1 nitrogen and oxygen atoms in total. The second-order valence-corrected chi connectivity index (χ2v) is 17.6. The van der Waals surface area contributed by atoms with Crippen molar-refractivity contribution >= 4 is 38.6 Å². The summed E-state index contributed by atoms with van der Waals surface area (Å²) in [6, 6.07) is 104. The van der Waals surface area contributed by atoms with Crippen LogP contribution >= 0.6 is 0 Å². The molecule has 0 bridgehead atoms. The van der Waals surface area contributed by atoms with E-state index in [-0.39, 0.29) is 0 Å². The van der Waals surface area contributed by atoms with Gasteiger partial charge >= 0.3 is 0 Å². The van der Waals surface area contributed by atoms with Crippen LogP contribution in [0.3, 0.4) is 0 Å². The van der Waals surface area contributed by atoms with Gasteiger partial charge in [-0.15, -0.1) is 0 Å². The van der Waals surface area contributed by atoms with Gasteiger partial charge in [-0.2, -0.15) is 0 Å². The van der Waals surface area contributed by atoms with Crippen molar-refractivity contribution in [1.29, 1.82) is 0 Å². The molecular weight excluding hydrogens is 831 g/mol. The molecule has 0 unspecified atom stereocenters. The molecule has 69 heavy (non-hydrogen) atoms. The molecule has 0 atom stereocenters. The van der Waals surface area contributed by atoms with Gasteiger partial charge in [0.1, 0.15) is 0 Å². The molecule has 0 amide bonds. The maximum Gasteiger partial charge on any atom is 0.0540 e. The number of para-hydroxylation sites is 1. The van der Waals surface area contributed by atoms with E-state index in [1.54, 1.807) is 0 Å². The van der Waals surface area contributed by atoms with Crippen LogP contribution in [0.25, 0.3) is 99.4 Å². The quantitative estimate of drug-likeness (QED) is 0.124. The molecule has 0 radical (unpaired) electrons. The third kappa shape index (κ3) is 7.97. The Bertz CT molecular complexity index is 3720. The normalized spacial score (nSPS) is 11.2. The number of rotatable bonds is 10. The van der Waals surface area contributed by atoms with Gasteiger partial charge in [-0.25, -0.2) is 0 Å². The van der Waals surface area contributed by atoms with Crippen LogP contribution in [0.1, 0.15) is 0 Å². The molecule has 324 valence electrons. The predicted molar refractivity (Wildman–Crippen MR) is 294 cm³/mol. The Morgan fingerprint density at radius 1 is 0.188 bits per heavy atom. The van der Waals surface area contributed by atoms with E-state index in [0.717, 1.165) is 33.8 Å². The van der Waals surface area contributed by atoms with Gasteiger partial charge in [0.15, 0.2) is 0 Å². The number of hydrogen-bond donors (Lipinski definition) is 0. The minimum atomic E-state index is 1.07. The van der Waals surface area contributed by atoms with Crippen LogP contribution < -0.4 is 4.90 Å². The molecule has 0 aliphatic rings. The summed E-state index contributed by atoms with van der Waals surface area (Å²) in [5, 5.41) is 4.96. The molecule has 1 heteroatoms. The van der Waals surface area contributed by atoms with Crippen LogP contribution in [0, 0.1) is 0 Å². The summed E-state index contributed by atoms with van der Waals surface area (Å²) in [4.78, 5) is 2.42. The van der Waals surface area contributed by atoms with E-state index >= 15 is 0 Å². The summed E-state index contributed by atoms with van der Waals surface area (Å²) in [6.07, 6.45) is 0. The molecule has 12 rings (SSSR count). The lowest BCUT2D eigenvalue weighted by atomic mass is 9.84. The maximum atomic E-state index is 2.43. The molecule has 0 spiro atoms. The highest BCUT2D eigenvalue weighted by molar-refractivity contribution is 6.22. The zero-order chi connectivity index (χ0) is 45.9. The van der Waals surface area contributed by atoms with Gasteiger partial charge in [0.05, 0.1) is 5.69 Å². The zero-order valence-corrected chi connectivity index (χ0v) is 38.1. The molecule has 0 aliphatic carbocycles. The van der Waals surface area contributed by atoms with Crippen molar-refractivity contribution < 1.29 is 0 Å². The van der Waals surface area contributed by atoms with E-state index in [2.05, 4.69) is 290 Å². The molecule has 0 saturated carbocycles. The van der Waals surface area contributed by atoms with E-state index in [1.165, 1.54) is 82.7 Å². The second-order valence-electron chi connectivity index (χ2n) is 17.6. The van der Waals surface area contributed by atoms with Crippen LogP contribution in [-0.4, -0.2) is 0 Å². The van der Waals surface area contributed by atoms with Gasteiger partial charge < -0.3 is 4.90 Å². The first kappa shape index (κ1) is 41.4. The molecule has 0 aliphatic heterocycles. The topological polar surface area (TPSA) is 3.24 Å². The highest BCUT2D eigenvalue weighted by atomic mass is 15.1. The second kappa shape index (κ2) is 18.3. The number of benzene rings is 12. The standard InChI is InChI=1S/C68H47N/c1-6-20-48(21-7-1)49-34-40-57(41-35-49)69(58-42-36-50(37-43-58)55-38-44-59(51-22-8-2-9-23-51)64(46-55)52-24-10-3-11-25-52)66-33-19-18-30-60(66)56-39-45-62-61-31-16-17-32-63(61)67(53-26-12-4-13-27-53)68(65(62)47-56)54-28-14-5-15-29-54/h1-47H. The van der Waals surface area contributed by atoms with Crippen molar-refractivity contribution in [3.63, 3.8) is 0 Å². The first-order valence-corrected chi connectivity index (χ1v) is 23.7. The fraction of sp³-hybridized carbons (Fsp3) is 0. The van der Waals surface area contributed by atoms with Gasteiger partial charge in [-0.05, 0) is 136 Å². The Balaban J connectivity index is 1.02. The van der Waals surface area contributed by atoms with E-state index in [0.29, 0.717) is 0 Å². The van der Waals surface area contributed by atoms with Gasteiger partial charge in [0.25, 0.3) is 0 Å². The van der Waals surface area contributed by atoms with Crippen LogP contribution in [0.4, 0.5) is 17.1 Å². The molecule has 0 saturated heterocycles. The number of nitrogens with zero attached hydrogens (tertiary/aromatic N) is 1. The number of hydrogen-bond acceptors (Lipinski definition) is 1. The minimum Gasteiger partial charge on any atom is -0.310 e. The third-order valence-electron chi connectivity index (χ3n) is 13.5. The lowest BCUT2D eigenvalue weighted by Crippen LogP contribution is -2.11. The number of fused-ring (bicyclic) bond motifs is 3. The van der Waals surface area contributed by atoms with Crippen molar-refractivity contribution in [2.24, 2.45) is 0 Å². The first-order valence-electron chi connectivity index (χ1n) is 23.7. The average molecular weight is 878 g/mol. The monoisotopic (exact) mass is 877 g/mol. The summed E-state index contributed by atoms with van der Waals surface area (Å²) >= 11 is 0. The van der Waals surface area contributed by atoms with Crippen molar-refractivity contribution in [2.75, 3.05) is 4.90 Å². The van der Waals surface area contributed by atoms with E-state index in [9.17, 15) is 0 Å². The summed E-state index contributed by atoms with van der Waals surface area (Å²) in [7, 11) is 0. The predicted octanol–water partition coefficient (Wildman–Crippen LogP) is 19.1. The van der Waals surface area contributed by atoms with Crippen LogP contribution in [0.2, 0.25) is 0 Å². The first-order chi connectivity index (χ1) is 34.2. The van der Waals surface area contributed by atoms with Crippen molar-refractivity contribution in [3.8, 4) is 77.9 Å². The Morgan fingerprint density at radius 3 is 1.16 bits per heavy atom. The Hall–Kier alpha value is -9.04. The Labute approximate surface area is 404 Å². The smallest absolute Gasteiger partial charge is 0.0540 e. The van der Waals surface area contributed by atoms with Crippen LogP contribution in [-0.2, 0) is 0 Å². The zero-order valence-electron chi connectivity index (χ0n) is 38.1. The molecule has 0 aromatic heterocycles. The summed E-state index contributed by atoms with van der Waals surface area (Å²) < 4.78 is 0. The fourth-order valence-electron chi connectivity index (χ4n) is 10.2. The molecule has 0 heterocycles. The molecular formula is C68H47N. The van der Waals surface area contributed by atoms with E-state index < -0.39 is 0 Å². The number of anilines is 3. The maximum absolute atomic E-state index is 2.43. The van der Waals surface area contributed by atoms with Gasteiger partial charge in [-0.3, -0.25) is 0 Å². The lowest BCUT2D eigenvalue weighted by molar-refractivity contribution is 1.28. The largest absolute Gasteiger partial charge is 0.310 e. The summed E-state index contributed by atoms with van der Waals surface area (Å²) in [5.74, 6) is 0. The van der Waals surface area contributed by atoms with E-state index in [1.807, 2.05) is 0 Å². The fourth-order valence-corrected chi connectivity index (χ4v) is 10.2. The molecule has 0 fully saturated rings. The average Bonchev–Trinajstić information content (AvgIpc) is 3.44. The molecule has 0 N–H and O–H groups in total. The van der Waals surface area contributed by atoms with E-state index in [4.69, 9.17) is 0 Å². The Kier molecular flexibility index (Phi) is 11.0. The van der Waals surface area contributed by atoms with Crippen molar-refractivity contribution in [3.05, 3.63) is 285 Å².